The summed E-state index contributed by atoms with van der Waals surface area (Å²) in [7, 11) is 0. The molecule has 1 saturated carbocycles. The molecule has 0 saturated heterocycles. The van der Waals surface area contributed by atoms with Gasteiger partial charge in [0.2, 0.25) is 5.91 Å². The summed E-state index contributed by atoms with van der Waals surface area (Å²) in [4.78, 5) is 12.1. The Hall–Kier alpha value is -2.23. The fourth-order valence-corrected chi connectivity index (χ4v) is 2.72. The predicted octanol–water partition coefficient (Wildman–Crippen LogP) is 3.33. The van der Waals surface area contributed by atoms with E-state index < -0.39 is 11.8 Å². The summed E-state index contributed by atoms with van der Waals surface area (Å²) in [5, 5.41) is 12.0. The number of hydrogen-bond acceptors (Lipinski definition) is 3. The first-order valence-corrected chi connectivity index (χ1v) is 7.39. The lowest BCUT2D eigenvalue weighted by molar-refractivity contribution is -0.274. The second-order valence-corrected chi connectivity index (χ2v) is 5.60. The number of nitrogens with zero attached hydrogens (tertiary/aromatic N) is 1. The van der Waals surface area contributed by atoms with Gasteiger partial charge < -0.3 is 10.1 Å². The Morgan fingerprint density at radius 1 is 1.26 bits per heavy atom. The molecule has 1 aromatic carbocycles. The number of nitriles is 1. The van der Waals surface area contributed by atoms with Crippen molar-refractivity contribution in [2.45, 2.75) is 38.5 Å². The third-order valence-electron chi connectivity index (χ3n) is 3.96. The number of alkyl halides is 3. The van der Waals surface area contributed by atoms with Crippen LogP contribution in [0.1, 0.15) is 31.2 Å². The molecule has 1 aromatic rings. The molecule has 1 fully saturated rings. The van der Waals surface area contributed by atoms with E-state index >= 15 is 0 Å². The van der Waals surface area contributed by atoms with Crippen molar-refractivity contribution in [1.82, 2.24) is 5.32 Å². The summed E-state index contributed by atoms with van der Waals surface area (Å²) >= 11 is 0. The lowest BCUT2D eigenvalue weighted by Gasteiger charge is -2.19. The van der Waals surface area contributed by atoms with Crippen molar-refractivity contribution >= 4 is 5.91 Å². The molecule has 0 radical (unpaired) electrons. The molecule has 124 valence electrons. The van der Waals surface area contributed by atoms with Crippen LogP contribution < -0.4 is 10.1 Å². The average molecular weight is 326 g/mol. The normalized spacial score (nSPS) is 16.6. The van der Waals surface area contributed by atoms with Gasteiger partial charge in [0.25, 0.3) is 0 Å². The van der Waals surface area contributed by atoms with Crippen LogP contribution >= 0.6 is 0 Å². The van der Waals surface area contributed by atoms with Gasteiger partial charge in [-0.1, -0.05) is 25.0 Å². The van der Waals surface area contributed by atoms with E-state index in [0.29, 0.717) is 25.8 Å². The minimum absolute atomic E-state index is 0.255. The van der Waals surface area contributed by atoms with E-state index in [9.17, 15) is 23.2 Å². The van der Waals surface area contributed by atoms with Crippen molar-refractivity contribution in [3.05, 3.63) is 29.8 Å². The minimum Gasteiger partial charge on any atom is -0.406 e. The van der Waals surface area contributed by atoms with Gasteiger partial charge in [-0.05, 0) is 37.0 Å². The quantitative estimate of drug-likeness (QED) is 0.903. The van der Waals surface area contributed by atoms with Gasteiger partial charge in [0, 0.05) is 6.54 Å². The molecule has 1 N–H and O–H groups in total. The van der Waals surface area contributed by atoms with Gasteiger partial charge in [-0.3, -0.25) is 4.79 Å². The lowest BCUT2D eigenvalue weighted by Crippen LogP contribution is -2.39. The van der Waals surface area contributed by atoms with Crippen LogP contribution in [-0.2, 0) is 11.2 Å². The van der Waals surface area contributed by atoms with Gasteiger partial charge in [0.15, 0.2) is 0 Å². The van der Waals surface area contributed by atoms with E-state index in [4.69, 9.17) is 0 Å². The summed E-state index contributed by atoms with van der Waals surface area (Å²) < 4.78 is 40.0. The highest BCUT2D eigenvalue weighted by atomic mass is 19.4. The molecule has 0 atom stereocenters. The highest BCUT2D eigenvalue weighted by Gasteiger charge is 2.41. The second-order valence-electron chi connectivity index (χ2n) is 5.60. The molecule has 0 aliphatic heterocycles. The van der Waals surface area contributed by atoms with Crippen molar-refractivity contribution < 1.29 is 22.7 Å². The molecule has 0 heterocycles. The predicted molar refractivity (Wildman–Crippen MR) is 76.4 cm³/mol. The largest absolute Gasteiger partial charge is 0.573 e. The van der Waals surface area contributed by atoms with Crippen LogP contribution in [0, 0.1) is 16.7 Å². The maximum Gasteiger partial charge on any atom is 0.573 e. The van der Waals surface area contributed by atoms with Gasteiger partial charge >= 0.3 is 6.36 Å². The van der Waals surface area contributed by atoms with Crippen LogP contribution in [0.25, 0.3) is 0 Å². The first-order chi connectivity index (χ1) is 10.8. The van der Waals surface area contributed by atoms with Gasteiger partial charge in [-0.15, -0.1) is 13.2 Å². The molecule has 7 heteroatoms. The van der Waals surface area contributed by atoms with E-state index in [1.807, 2.05) is 0 Å². The maximum absolute atomic E-state index is 12.1. The monoisotopic (exact) mass is 326 g/mol. The van der Waals surface area contributed by atoms with E-state index in [0.717, 1.165) is 18.4 Å². The number of ether oxygens (including phenoxy) is 1. The number of halogens is 3. The Labute approximate surface area is 132 Å². The Kier molecular flexibility index (Phi) is 5.14. The fourth-order valence-electron chi connectivity index (χ4n) is 2.72. The van der Waals surface area contributed by atoms with Gasteiger partial charge in [0.1, 0.15) is 11.2 Å². The molecule has 0 unspecified atom stereocenters. The first-order valence-electron chi connectivity index (χ1n) is 7.39. The van der Waals surface area contributed by atoms with Crippen LogP contribution in [0.15, 0.2) is 24.3 Å². The fraction of sp³-hybridized carbons (Fsp3) is 0.500. The van der Waals surface area contributed by atoms with E-state index in [-0.39, 0.29) is 11.7 Å². The summed E-state index contributed by atoms with van der Waals surface area (Å²) in [5.41, 5.74) is -0.137. The number of amides is 1. The highest BCUT2D eigenvalue weighted by Crippen LogP contribution is 2.37. The van der Waals surface area contributed by atoms with Crippen molar-refractivity contribution in [2.24, 2.45) is 5.41 Å². The molecule has 1 amide bonds. The second kappa shape index (κ2) is 6.90. The molecule has 23 heavy (non-hydrogen) atoms. The Bertz CT molecular complexity index is 585. The topological polar surface area (TPSA) is 62.1 Å². The van der Waals surface area contributed by atoms with Gasteiger partial charge in [-0.25, -0.2) is 0 Å². The molecule has 4 nitrogen and oxygen atoms in total. The third kappa shape index (κ3) is 4.62. The van der Waals surface area contributed by atoms with Gasteiger partial charge in [0.05, 0.1) is 6.07 Å². The highest BCUT2D eigenvalue weighted by molar-refractivity contribution is 5.85. The average Bonchev–Trinajstić information content (AvgIpc) is 2.97. The van der Waals surface area contributed by atoms with Crippen molar-refractivity contribution in [1.29, 1.82) is 5.26 Å². The first kappa shape index (κ1) is 17.1. The smallest absolute Gasteiger partial charge is 0.406 e. The van der Waals surface area contributed by atoms with Crippen LogP contribution in [0.2, 0.25) is 0 Å². The summed E-state index contributed by atoms with van der Waals surface area (Å²) in [6, 6.07) is 7.62. The molecule has 2 rings (SSSR count). The molecular formula is C16H17F3N2O2. The SMILES string of the molecule is N#CC1(C(=O)NCCc2ccc(OC(F)(F)F)cc2)CCCC1. The number of nitrogens with one attached hydrogen (secondary N) is 1. The zero-order chi connectivity index (χ0) is 16.9. The number of carbonyl (C=O) groups is 1. The van der Waals surface area contributed by atoms with Crippen molar-refractivity contribution in [2.75, 3.05) is 6.54 Å². The number of hydrogen-bond donors (Lipinski definition) is 1. The molecule has 0 spiro atoms. The lowest BCUT2D eigenvalue weighted by atomic mass is 9.87. The van der Waals surface area contributed by atoms with Gasteiger partial charge in [-0.2, -0.15) is 5.26 Å². The molecule has 0 bridgehead atoms. The van der Waals surface area contributed by atoms with Crippen molar-refractivity contribution in [3.8, 4) is 11.8 Å². The summed E-state index contributed by atoms with van der Waals surface area (Å²) in [5.74, 6) is -0.533. The van der Waals surface area contributed by atoms with E-state index in [1.54, 1.807) is 0 Å². The summed E-state index contributed by atoms with van der Waals surface area (Å²) in [6.45, 7) is 0.335. The van der Waals surface area contributed by atoms with Crippen LogP contribution in [0.4, 0.5) is 13.2 Å². The zero-order valence-electron chi connectivity index (χ0n) is 12.4. The standard InChI is InChI=1S/C16H17F3N2O2/c17-16(18,19)23-13-5-3-12(4-6-13)7-10-21-14(22)15(11-20)8-1-2-9-15/h3-6H,1-2,7-10H2,(H,21,22). The van der Waals surface area contributed by atoms with Crippen molar-refractivity contribution in [3.63, 3.8) is 0 Å². The maximum atomic E-state index is 12.1. The number of benzene rings is 1. The number of carbonyl (C=O) groups excluding carboxylic acids is 1. The Balaban J connectivity index is 1.82. The Morgan fingerprint density at radius 2 is 1.87 bits per heavy atom. The molecular weight excluding hydrogens is 309 g/mol. The number of rotatable bonds is 5. The van der Waals surface area contributed by atoms with Crippen LogP contribution in [-0.4, -0.2) is 18.8 Å². The minimum atomic E-state index is -4.71. The molecule has 0 aromatic heterocycles. The van der Waals surface area contributed by atoms with Crippen LogP contribution in [0.3, 0.4) is 0 Å². The zero-order valence-corrected chi connectivity index (χ0v) is 12.4. The molecule has 1 aliphatic rings. The third-order valence-corrected chi connectivity index (χ3v) is 3.96. The van der Waals surface area contributed by atoms with E-state index in [1.165, 1.54) is 24.3 Å². The van der Waals surface area contributed by atoms with Crippen LogP contribution in [0.5, 0.6) is 5.75 Å². The Morgan fingerprint density at radius 3 is 2.39 bits per heavy atom. The summed E-state index contributed by atoms with van der Waals surface area (Å²) in [6.07, 6.45) is -1.32. The molecule has 1 aliphatic carbocycles. The van der Waals surface area contributed by atoms with E-state index in [2.05, 4.69) is 16.1 Å².